The number of hydrogen-bond acceptors (Lipinski definition) is 3. The zero-order valence-electron chi connectivity index (χ0n) is 12.6. The first-order valence-electron chi connectivity index (χ1n) is 6.69. The maximum absolute atomic E-state index is 12.3. The van der Waals surface area contributed by atoms with Crippen LogP contribution in [0.25, 0.3) is 0 Å². The molecule has 1 amide bonds. The summed E-state index contributed by atoms with van der Waals surface area (Å²) in [7, 11) is 1.32. The van der Waals surface area contributed by atoms with Crippen LogP contribution < -0.4 is 5.32 Å². The van der Waals surface area contributed by atoms with Crippen molar-refractivity contribution in [3.63, 3.8) is 0 Å². The highest BCUT2D eigenvalue weighted by atomic mass is 35.5. The van der Waals surface area contributed by atoms with Crippen LogP contribution in [-0.4, -0.2) is 19.0 Å². The van der Waals surface area contributed by atoms with Gasteiger partial charge in [-0.1, -0.05) is 23.7 Å². The summed E-state index contributed by atoms with van der Waals surface area (Å²) in [6, 6.07) is 10.3. The summed E-state index contributed by atoms with van der Waals surface area (Å²) in [5.41, 5.74) is 2.96. The number of carbonyl (C=O) groups is 2. The predicted octanol–water partition coefficient (Wildman–Crippen LogP) is 4.00. The van der Waals surface area contributed by atoms with E-state index in [9.17, 15) is 9.59 Å². The average molecular weight is 318 g/mol. The zero-order valence-corrected chi connectivity index (χ0v) is 13.3. The lowest BCUT2D eigenvalue weighted by Crippen LogP contribution is -2.15. The van der Waals surface area contributed by atoms with Crippen molar-refractivity contribution in [1.82, 2.24) is 0 Å². The van der Waals surface area contributed by atoms with Gasteiger partial charge in [-0.2, -0.15) is 0 Å². The SMILES string of the molecule is COC(=O)c1cccc(NC(=O)c2ccc(C)cc2Cl)c1C. The van der Waals surface area contributed by atoms with E-state index in [4.69, 9.17) is 16.3 Å². The number of anilines is 1. The third-order valence-corrected chi connectivity index (χ3v) is 3.67. The highest BCUT2D eigenvalue weighted by Crippen LogP contribution is 2.23. The molecule has 114 valence electrons. The Morgan fingerprint density at radius 2 is 1.82 bits per heavy atom. The molecule has 0 aliphatic heterocycles. The molecule has 0 fully saturated rings. The number of amides is 1. The molecule has 0 radical (unpaired) electrons. The molecule has 2 aromatic rings. The van der Waals surface area contributed by atoms with Crippen LogP contribution in [0.2, 0.25) is 5.02 Å². The molecular weight excluding hydrogens is 302 g/mol. The molecule has 0 bridgehead atoms. The van der Waals surface area contributed by atoms with Gasteiger partial charge < -0.3 is 10.1 Å². The summed E-state index contributed by atoms with van der Waals surface area (Å²) in [5, 5.41) is 3.16. The van der Waals surface area contributed by atoms with Gasteiger partial charge in [-0.15, -0.1) is 0 Å². The first-order valence-corrected chi connectivity index (χ1v) is 7.07. The van der Waals surface area contributed by atoms with Crippen LogP contribution in [-0.2, 0) is 4.74 Å². The normalized spacial score (nSPS) is 10.2. The zero-order chi connectivity index (χ0) is 16.3. The van der Waals surface area contributed by atoms with Crippen molar-refractivity contribution in [2.75, 3.05) is 12.4 Å². The molecule has 0 heterocycles. The second kappa shape index (κ2) is 6.62. The van der Waals surface area contributed by atoms with Crippen LogP contribution in [0.4, 0.5) is 5.69 Å². The number of benzene rings is 2. The summed E-state index contributed by atoms with van der Waals surface area (Å²) >= 11 is 6.10. The van der Waals surface area contributed by atoms with Crippen molar-refractivity contribution in [2.24, 2.45) is 0 Å². The fraction of sp³-hybridized carbons (Fsp3) is 0.176. The van der Waals surface area contributed by atoms with Crippen molar-refractivity contribution in [3.8, 4) is 0 Å². The number of aryl methyl sites for hydroxylation is 1. The maximum Gasteiger partial charge on any atom is 0.338 e. The van der Waals surface area contributed by atoms with Gasteiger partial charge in [0.05, 0.1) is 23.3 Å². The first kappa shape index (κ1) is 16.0. The Balaban J connectivity index is 2.31. The third kappa shape index (κ3) is 3.28. The molecule has 0 spiro atoms. The fourth-order valence-corrected chi connectivity index (χ4v) is 2.42. The van der Waals surface area contributed by atoms with Gasteiger partial charge >= 0.3 is 5.97 Å². The molecule has 0 saturated heterocycles. The second-order valence-corrected chi connectivity index (χ2v) is 5.31. The summed E-state index contributed by atoms with van der Waals surface area (Å²) < 4.78 is 4.72. The van der Waals surface area contributed by atoms with Crippen LogP contribution >= 0.6 is 11.6 Å². The topological polar surface area (TPSA) is 55.4 Å². The molecule has 1 N–H and O–H groups in total. The van der Waals surface area contributed by atoms with E-state index in [0.29, 0.717) is 27.4 Å². The van der Waals surface area contributed by atoms with E-state index in [-0.39, 0.29) is 5.91 Å². The smallest absolute Gasteiger partial charge is 0.338 e. The predicted molar refractivity (Wildman–Crippen MR) is 86.7 cm³/mol. The van der Waals surface area contributed by atoms with Crippen molar-refractivity contribution < 1.29 is 14.3 Å². The van der Waals surface area contributed by atoms with Crippen molar-refractivity contribution >= 4 is 29.2 Å². The minimum atomic E-state index is -0.443. The van der Waals surface area contributed by atoms with Gasteiger partial charge in [0.15, 0.2) is 0 Å². The van der Waals surface area contributed by atoms with Crippen molar-refractivity contribution in [2.45, 2.75) is 13.8 Å². The number of hydrogen-bond donors (Lipinski definition) is 1. The monoisotopic (exact) mass is 317 g/mol. The molecule has 4 nitrogen and oxygen atoms in total. The highest BCUT2D eigenvalue weighted by molar-refractivity contribution is 6.34. The van der Waals surface area contributed by atoms with E-state index in [1.807, 2.05) is 13.0 Å². The first-order chi connectivity index (χ1) is 10.4. The van der Waals surface area contributed by atoms with Gasteiger partial charge in [-0.25, -0.2) is 4.79 Å². The van der Waals surface area contributed by atoms with E-state index in [0.717, 1.165) is 5.56 Å². The molecule has 0 aromatic heterocycles. The number of halogens is 1. The van der Waals surface area contributed by atoms with Gasteiger partial charge in [-0.3, -0.25) is 4.79 Å². The number of esters is 1. The lowest BCUT2D eigenvalue weighted by atomic mass is 10.1. The summed E-state index contributed by atoms with van der Waals surface area (Å²) in [5.74, 6) is -0.767. The summed E-state index contributed by atoms with van der Waals surface area (Å²) in [4.78, 5) is 24.0. The molecule has 2 rings (SSSR count). The molecule has 0 saturated carbocycles. The van der Waals surface area contributed by atoms with Crippen LogP contribution in [0.1, 0.15) is 31.8 Å². The van der Waals surface area contributed by atoms with Gasteiger partial charge in [0.1, 0.15) is 0 Å². The van der Waals surface area contributed by atoms with Crippen molar-refractivity contribution in [3.05, 3.63) is 63.7 Å². The number of ether oxygens (including phenoxy) is 1. The number of methoxy groups -OCH3 is 1. The Hall–Kier alpha value is -2.33. The van der Waals surface area contributed by atoms with Gasteiger partial charge in [-0.05, 0) is 49.2 Å². The van der Waals surface area contributed by atoms with E-state index >= 15 is 0 Å². The Bertz CT molecular complexity index is 741. The van der Waals surface area contributed by atoms with Gasteiger partial charge in [0.25, 0.3) is 5.91 Å². The number of rotatable bonds is 3. The minimum absolute atomic E-state index is 0.324. The molecule has 0 aliphatic rings. The number of carbonyl (C=O) groups excluding carboxylic acids is 2. The highest BCUT2D eigenvalue weighted by Gasteiger charge is 2.15. The fourth-order valence-electron chi connectivity index (χ4n) is 2.10. The largest absolute Gasteiger partial charge is 0.465 e. The molecule has 5 heteroatoms. The molecule has 0 atom stereocenters. The van der Waals surface area contributed by atoms with E-state index in [1.165, 1.54) is 7.11 Å². The average Bonchev–Trinajstić information content (AvgIpc) is 2.48. The van der Waals surface area contributed by atoms with E-state index in [1.54, 1.807) is 37.3 Å². The lowest BCUT2D eigenvalue weighted by Gasteiger charge is -2.12. The standard InChI is InChI=1S/C17H16ClNO3/c1-10-7-8-13(14(18)9-10)16(20)19-15-6-4-5-12(11(15)2)17(21)22-3/h4-9H,1-3H3,(H,19,20). The van der Waals surface area contributed by atoms with Crippen LogP contribution in [0.5, 0.6) is 0 Å². The van der Waals surface area contributed by atoms with Crippen LogP contribution in [0.15, 0.2) is 36.4 Å². The second-order valence-electron chi connectivity index (χ2n) is 4.91. The molecular formula is C17H16ClNO3. The Kier molecular flexibility index (Phi) is 4.83. The minimum Gasteiger partial charge on any atom is -0.465 e. The van der Waals surface area contributed by atoms with Crippen molar-refractivity contribution in [1.29, 1.82) is 0 Å². The molecule has 2 aromatic carbocycles. The Morgan fingerprint density at radius 3 is 2.45 bits per heavy atom. The number of nitrogens with one attached hydrogen (secondary N) is 1. The Labute approximate surface area is 134 Å². The Morgan fingerprint density at radius 1 is 1.09 bits per heavy atom. The molecule has 22 heavy (non-hydrogen) atoms. The van der Waals surface area contributed by atoms with E-state index in [2.05, 4.69) is 5.32 Å². The summed E-state index contributed by atoms with van der Waals surface area (Å²) in [6.07, 6.45) is 0. The lowest BCUT2D eigenvalue weighted by molar-refractivity contribution is 0.0599. The maximum atomic E-state index is 12.3. The van der Waals surface area contributed by atoms with E-state index < -0.39 is 5.97 Å². The van der Waals surface area contributed by atoms with Crippen LogP contribution in [0.3, 0.4) is 0 Å². The summed E-state index contributed by atoms with van der Waals surface area (Å²) in [6.45, 7) is 3.65. The third-order valence-electron chi connectivity index (χ3n) is 3.36. The van der Waals surface area contributed by atoms with Gasteiger partial charge in [0, 0.05) is 5.69 Å². The quantitative estimate of drug-likeness (QED) is 0.871. The molecule has 0 unspecified atom stereocenters. The van der Waals surface area contributed by atoms with Gasteiger partial charge in [0.2, 0.25) is 0 Å². The molecule has 0 aliphatic carbocycles. The van der Waals surface area contributed by atoms with Crippen LogP contribution in [0, 0.1) is 13.8 Å².